The molecule has 0 spiro atoms. The van der Waals surface area contributed by atoms with E-state index in [9.17, 15) is 12.8 Å². The Hall–Kier alpha value is -1.93. The first-order valence-electron chi connectivity index (χ1n) is 9.71. The van der Waals surface area contributed by atoms with E-state index in [1.807, 2.05) is 0 Å². The van der Waals surface area contributed by atoms with Crippen molar-refractivity contribution in [1.29, 1.82) is 0 Å². The van der Waals surface area contributed by atoms with E-state index in [0.717, 1.165) is 12.8 Å². The van der Waals surface area contributed by atoms with E-state index in [0.29, 0.717) is 60.6 Å². The molecule has 28 heavy (non-hydrogen) atoms. The lowest BCUT2D eigenvalue weighted by Gasteiger charge is -2.29. The third kappa shape index (κ3) is 4.55. The van der Waals surface area contributed by atoms with Gasteiger partial charge in [-0.25, -0.2) is 12.8 Å². The predicted molar refractivity (Wildman–Crippen MR) is 105 cm³/mol. The van der Waals surface area contributed by atoms with Crippen molar-refractivity contribution in [2.45, 2.75) is 51.5 Å². The van der Waals surface area contributed by atoms with Crippen LogP contribution in [0.1, 0.15) is 37.6 Å². The highest BCUT2D eigenvalue weighted by Crippen LogP contribution is 2.27. The van der Waals surface area contributed by atoms with Crippen LogP contribution in [-0.4, -0.2) is 42.2 Å². The SMILES string of the molecule is Cc1nn(CCCOc2ccc(F)cc2)c(C)c1S(=O)(=O)N1CCC(C)CC1. The lowest BCUT2D eigenvalue weighted by molar-refractivity contribution is 0.287. The molecule has 1 aliphatic heterocycles. The highest BCUT2D eigenvalue weighted by Gasteiger charge is 2.32. The molecule has 1 aromatic carbocycles. The molecule has 0 N–H and O–H groups in total. The molecule has 1 aliphatic rings. The highest BCUT2D eigenvalue weighted by atomic mass is 32.2. The van der Waals surface area contributed by atoms with Gasteiger partial charge in [0, 0.05) is 26.1 Å². The molecular weight excluding hydrogens is 381 g/mol. The van der Waals surface area contributed by atoms with E-state index in [1.165, 1.54) is 12.1 Å². The summed E-state index contributed by atoms with van der Waals surface area (Å²) in [4.78, 5) is 0.335. The molecule has 0 aliphatic carbocycles. The molecule has 0 radical (unpaired) electrons. The smallest absolute Gasteiger partial charge is 0.246 e. The van der Waals surface area contributed by atoms with Gasteiger partial charge in [-0.1, -0.05) is 6.92 Å². The van der Waals surface area contributed by atoms with Gasteiger partial charge in [0.1, 0.15) is 16.5 Å². The van der Waals surface area contributed by atoms with Crippen molar-refractivity contribution in [3.05, 3.63) is 41.5 Å². The maximum absolute atomic E-state index is 13.1. The molecule has 0 saturated carbocycles. The van der Waals surface area contributed by atoms with Crippen LogP contribution in [-0.2, 0) is 16.6 Å². The van der Waals surface area contributed by atoms with E-state index in [-0.39, 0.29) is 5.82 Å². The molecule has 2 heterocycles. The predicted octanol–water partition coefficient (Wildman–Crippen LogP) is 3.53. The standard InChI is InChI=1S/C20H28FN3O3S/c1-15-9-12-23(13-10-15)28(25,26)20-16(2)22-24(17(20)3)11-4-14-27-19-7-5-18(21)6-8-19/h5-8,15H,4,9-14H2,1-3H3. The normalized spacial score (nSPS) is 16.4. The van der Waals surface area contributed by atoms with Crippen LogP contribution < -0.4 is 4.74 Å². The summed E-state index contributed by atoms with van der Waals surface area (Å²) in [6.45, 7) is 7.85. The van der Waals surface area contributed by atoms with Gasteiger partial charge in [-0.15, -0.1) is 0 Å². The summed E-state index contributed by atoms with van der Waals surface area (Å²) in [5.74, 6) is 0.877. The fraction of sp³-hybridized carbons (Fsp3) is 0.550. The first kappa shape index (κ1) is 20.8. The largest absolute Gasteiger partial charge is 0.494 e. The van der Waals surface area contributed by atoms with E-state index >= 15 is 0 Å². The topological polar surface area (TPSA) is 64.4 Å². The van der Waals surface area contributed by atoms with Gasteiger partial charge in [-0.05, 0) is 56.9 Å². The van der Waals surface area contributed by atoms with E-state index in [1.54, 1.807) is 35.0 Å². The van der Waals surface area contributed by atoms with Gasteiger partial charge in [0.2, 0.25) is 10.0 Å². The fourth-order valence-corrected chi connectivity index (χ4v) is 5.40. The minimum atomic E-state index is -3.52. The van der Waals surface area contributed by atoms with Crippen LogP contribution >= 0.6 is 0 Å². The number of piperidine rings is 1. The second-order valence-corrected chi connectivity index (χ2v) is 9.34. The molecule has 0 bridgehead atoms. The van der Waals surface area contributed by atoms with E-state index in [4.69, 9.17) is 4.74 Å². The molecule has 1 aromatic heterocycles. The molecular formula is C20H28FN3O3S. The zero-order valence-electron chi connectivity index (χ0n) is 16.7. The third-order valence-electron chi connectivity index (χ3n) is 5.25. The first-order chi connectivity index (χ1) is 13.3. The first-order valence-corrected chi connectivity index (χ1v) is 11.2. The number of sulfonamides is 1. The quantitative estimate of drug-likeness (QED) is 0.656. The maximum Gasteiger partial charge on any atom is 0.246 e. The number of benzene rings is 1. The summed E-state index contributed by atoms with van der Waals surface area (Å²) in [5, 5.41) is 4.45. The Morgan fingerprint density at radius 2 is 1.82 bits per heavy atom. The molecule has 0 atom stereocenters. The number of aromatic nitrogens is 2. The van der Waals surface area contributed by atoms with Crippen molar-refractivity contribution < 1.29 is 17.5 Å². The molecule has 6 nitrogen and oxygen atoms in total. The Bertz CT molecular complexity index is 902. The zero-order valence-corrected chi connectivity index (χ0v) is 17.5. The number of hydrogen-bond acceptors (Lipinski definition) is 4. The Balaban J connectivity index is 1.63. The number of ether oxygens (including phenoxy) is 1. The number of rotatable bonds is 7. The Morgan fingerprint density at radius 1 is 1.18 bits per heavy atom. The van der Waals surface area contributed by atoms with Crippen molar-refractivity contribution in [2.24, 2.45) is 5.92 Å². The van der Waals surface area contributed by atoms with Gasteiger partial charge in [-0.3, -0.25) is 4.68 Å². The lowest BCUT2D eigenvalue weighted by atomic mass is 10.0. The molecule has 1 fully saturated rings. The van der Waals surface area contributed by atoms with Crippen molar-refractivity contribution in [3.8, 4) is 5.75 Å². The van der Waals surface area contributed by atoms with Gasteiger partial charge in [-0.2, -0.15) is 9.40 Å². The Kier molecular flexibility index (Phi) is 6.40. The van der Waals surface area contributed by atoms with Crippen LogP contribution in [0.3, 0.4) is 0 Å². The number of aryl methyl sites for hydroxylation is 2. The molecule has 2 aromatic rings. The zero-order chi connectivity index (χ0) is 20.3. The fourth-order valence-electron chi connectivity index (χ4n) is 3.56. The van der Waals surface area contributed by atoms with Gasteiger partial charge < -0.3 is 4.74 Å². The second kappa shape index (κ2) is 8.61. The second-order valence-electron chi connectivity index (χ2n) is 7.47. The summed E-state index contributed by atoms with van der Waals surface area (Å²) in [6.07, 6.45) is 2.46. The Morgan fingerprint density at radius 3 is 2.46 bits per heavy atom. The summed E-state index contributed by atoms with van der Waals surface area (Å²) < 4.78 is 48.1. The summed E-state index contributed by atoms with van der Waals surface area (Å²) in [5.41, 5.74) is 1.20. The monoisotopic (exact) mass is 409 g/mol. The van der Waals surface area contributed by atoms with Crippen LogP contribution in [0.15, 0.2) is 29.2 Å². The summed E-state index contributed by atoms with van der Waals surface area (Å²) >= 11 is 0. The lowest BCUT2D eigenvalue weighted by Crippen LogP contribution is -2.38. The molecule has 8 heteroatoms. The Labute approximate surface area is 166 Å². The number of hydrogen-bond donors (Lipinski definition) is 0. The molecule has 3 rings (SSSR count). The van der Waals surface area contributed by atoms with Crippen LogP contribution in [0, 0.1) is 25.6 Å². The van der Waals surface area contributed by atoms with Crippen molar-refractivity contribution >= 4 is 10.0 Å². The minimum absolute atomic E-state index is 0.299. The van der Waals surface area contributed by atoms with Crippen molar-refractivity contribution in [2.75, 3.05) is 19.7 Å². The van der Waals surface area contributed by atoms with E-state index in [2.05, 4.69) is 12.0 Å². The van der Waals surface area contributed by atoms with E-state index < -0.39 is 10.0 Å². The molecule has 154 valence electrons. The summed E-state index contributed by atoms with van der Waals surface area (Å²) in [6, 6.07) is 5.88. The van der Waals surface area contributed by atoms with Crippen LogP contribution in [0.4, 0.5) is 4.39 Å². The van der Waals surface area contributed by atoms with Crippen LogP contribution in [0.25, 0.3) is 0 Å². The average molecular weight is 410 g/mol. The van der Waals surface area contributed by atoms with Gasteiger partial charge >= 0.3 is 0 Å². The van der Waals surface area contributed by atoms with Gasteiger partial charge in [0.25, 0.3) is 0 Å². The van der Waals surface area contributed by atoms with Crippen LogP contribution in [0.2, 0.25) is 0 Å². The molecule has 1 saturated heterocycles. The number of halogens is 1. The van der Waals surface area contributed by atoms with Crippen LogP contribution in [0.5, 0.6) is 5.75 Å². The number of nitrogens with zero attached hydrogens (tertiary/aromatic N) is 3. The molecule has 0 amide bonds. The maximum atomic E-state index is 13.1. The van der Waals surface area contributed by atoms with Crippen molar-refractivity contribution in [1.82, 2.24) is 14.1 Å². The molecule has 0 unspecified atom stereocenters. The minimum Gasteiger partial charge on any atom is -0.494 e. The highest BCUT2D eigenvalue weighted by molar-refractivity contribution is 7.89. The average Bonchev–Trinajstić information content (AvgIpc) is 2.94. The summed E-state index contributed by atoms with van der Waals surface area (Å²) in [7, 11) is -3.52. The van der Waals surface area contributed by atoms with Gasteiger partial charge in [0.05, 0.1) is 18.0 Å². The van der Waals surface area contributed by atoms with Crippen molar-refractivity contribution in [3.63, 3.8) is 0 Å². The van der Waals surface area contributed by atoms with Gasteiger partial charge in [0.15, 0.2) is 0 Å². The third-order valence-corrected chi connectivity index (χ3v) is 7.40.